The lowest BCUT2D eigenvalue weighted by Crippen LogP contribution is -2.49. The third kappa shape index (κ3) is 3.30. The molecule has 3 rings (SSSR count). The van der Waals surface area contributed by atoms with Gasteiger partial charge in [0.05, 0.1) is 17.6 Å². The van der Waals surface area contributed by atoms with E-state index in [-0.39, 0.29) is 24.7 Å². The third-order valence-corrected chi connectivity index (χ3v) is 5.15. The number of rotatable bonds is 3. The summed E-state index contributed by atoms with van der Waals surface area (Å²) in [5, 5.41) is 0.909. The maximum Gasteiger partial charge on any atom is 0.260 e. The standard InChI is InChI=1S/C16H21N3O3S/c1-9-5-19(6-10(2)22-9)13(20)7-21-15-14-11(3)12(4)23-16(14)18-8-17-15/h8-10H,5-7H2,1-4H3. The van der Waals surface area contributed by atoms with E-state index in [9.17, 15) is 4.79 Å². The Bertz CT molecular complexity index is 721. The van der Waals surface area contributed by atoms with E-state index in [2.05, 4.69) is 9.97 Å². The molecule has 124 valence electrons. The van der Waals surface area contributed by atoms with Gasteiger partial charge >= 0.3 is 0 Å². The highest BCUT2D eigenvalue weighted by Crippen LogP contribution is 2.33. The molecule has 7 heteroatoms. The zero-order valence-corrected chi connectivity index (χ0v) is 14.6. The number of thiophene rings is 1. The number of aromatic nitrogens is 2. The van der Waals surface area contributed by atoms with Crippen molar-refractivity contribution in [2.45, 2.75) is 39.9 Å². The van der Waals surface area contributed by atoms with Crippen molar-refractivity contribution in [3.63, 3.8) is 0 Å². The molecule has 0 saturated carbocycles. The SMILES string of the molecule is Cc1sc2ncnc(OCC(=O)N3CC(C)OC(C)C3)c2c1C. The van der Waals surface area contributed by atoms with Crippen molar-refractivity contribution in [1.29, 1.82) is 0 Å². The van der Waals surface area contributed by atoms with Gasteiger partial charge in [0.15, 0.2) is 6.61 Å². The number of fused-ring (bicyclic) bond motifs is 1. The van der Waals surface area contributed by atoms with Gasteiger partial charge in [0.1, 0.15) is 11.2 Å². The van der Waals surface area contributed by atoms with Gasteiger partial charge in [-0.1, -0.05) is 0 Å². The third-order valence-electron chi connectivity index (χ3n) is 4.04. The van der Waals surface area contributed by atoms with Gasteiger partial charge in [-0.25, -0.2) is 9.97 Å². The largest absolute Gasteiger partial charge is 0.467 e. The minimum atomic E-state index is -0.0385. The van der Waals surface area contributed by atoms with Gasteiger partial charge in [0.2, 0.25) is 5.88 Å². The smallest absolute Gasteiger partial charge is 0.260 e. The molecule has 0 N–H and O–H groups in total. The van der Waals surface area contributed by atoms with Crippen molar-refractivity contribution in [2.75, 3.05) is 19.7 Å². The van der Waals surface area contributed by atoms with E-state index in [1.54, 1.807) is 16.2 Å². The second kappa shape index (κ2) is 6.41. The molecule has 0 spiro atoms. The first-order valence-corrected chi connectivity index (χ1v) is 8.54. The molecule has 23 heavy (non-hydrogen) atoms. The lowest BCUT2D eigenvalue weighted by molar-refractivity contribution is -0.145. The number of hydrogen-bond donors (Lipinski definition) is 0. The van der Waals surface area contributed by atoms with Gasteiger partial charge in [0, 0.05) is 18.0 Å². The van der Waals surface area contributed by atoms with Gasteiger partial charge in [-0.15, -0.1) is 11.3 Å². The van der Waals surface area contributed by atoms with E-state index in [1.807, 2.05) is 27.7 Å². The van der Waals surface area contributed by atoms with Crippen LogP contribution < -0.4 is 4.74 Å². The summed E-state index contributed by atoms with van der Waals surface area (Å²) < 4.78 is 11.4. The van der Waals surface area contributed by atoms with Crippen molar-refractivity contribution in [2.24, 2.45) is 0 Å². The molecule has 1 aliphatic rings. The molecular weight excluding hydrogens is 314 g/mol. The number of carbonyl (C=O) groups is 1. The summed E-state index contributed by atoms with van der Waals surface area (Å²) in [6.07, 6.45) is 1.58. The highest BCUT2D eigenvalue weighted by Gasteiger charge is 2.26. The van der Waals surface area contributed by atoms with Crippen LogP contribution in [0.4, 0.5) is 0 Å². The Balaban J connectivity index is 1.72. The average molecular weight is 335 g/mol. The molecule has 0 aliphatic carbocycles. The quantitative estimate of drug-likeness (QED) is 0.861. The summed E-state index contributed by atoms with van der Waals surface area (Å²) in [6, 6.07) is 0. The molecule has 2 aromatic rings. The highest BCUT2D eigenvalue weighted by molar-refractivity contribution is 7.18. The molecule has 2 unspecified atom stereocenters. The number of nitrogens with zero attached hydrogens (tertiary/aromatic N) is 3. The summed E-state index contributed by atoms with van der Waals surface area (Å²) in [5.41, 5.74) is 1.11. The highest BCUT2D eigenvalue weighted by atomic mass is 32.1. The first-order chi connectivity index (χ1) is 11.0. The van der Waals surface area contributed by atoms with Crippen molar-refractivity contribution in [1.82, 2.24) is 14.9 Å². The molecule has 6 nitrogen and oxygen atoms in total. The van der Waals surface area contributed by atoms with E-state index < -0.39 is 0 Å². The maximum absolute atomic E-state index is 12.4. The Morgan fingerprint density at radius 3 is 2.74 bits per heavy atom. The zero-order chi connectivity index (χ0) is 16.6. The molecule has 0 aromatic carbocycles. The molecule has 1 aliphatic heterocycles. The average Bonchev–Trinajstić information content (AvgIpc) is 2.79. The lowest BCUT2D eigenvalue weighted by Gasteiger charge is -2.35. The minimum Gasteiger partial charge on any atom is -0.467 e. The van der Waals surface area contributed by atoms with Crippen LogP contribution in [0.2, 0.25) is 0 Å². The molecule has 1 fully saturated rings. The first kappa shape index (κ1) is 16.1. The predicted molar refractivity (Wildman–Crippen MR) is 89.0 cm³/mol. The molecule has 1 saturated heterocycles. The molecule has 0 bridgehead atoms. The van der Waals surface area contributed by atoms with Gasteiger partial charge < -0.3 is 14.4 Å². The molecule has 3 heterocycles. The van der Waals surface area contributed by atoms with Crippen LogP contribution in [-0.4, -0.2) is 52.7 Å². The molecule has 1 amide bonds. The number of amides is 1. The summed E-state index contributed by atoms with van der Waals surface area (Å²) in [7, 11) is 0. The first-order valence-electron chi connectivity index (χ1n) is 7.72. The molecular formula is C16H21N3O3S. The number of hydrogen-bond acceptors (Lipinski definition) is 6. The van der Waals surface area contributed by atoms with Crippen LogP contribution in [0.15, 0.2) is 6.33 Å². The fraction of sp³-hybridized carbons (Fsp3) is 0.562. The normalized spacial score (nSPS) is 21.7. The van der Waals surface area contributed by atoms with Crippen LogP contribution in [-0.2, 0) is 9.53 Å². The van der Waals surface area contributed by atoms with Gasteiger partial charge in [0.25, 0.3) is 5.91 Å². The van der Waals surface area contributed by atoms with Crippen LogP contribution in [0.5, 0.6) is 5.88 Å². The van der Waals surface area contributed by atoms with Crippen LogP contribution in [0.1, 0.15) is 24.3 Å². The Labute approximate surface area is 139 Å². The number of carbonyl (C=O) groups excluding carboxylic acids is 1. The monoisotopic (exact) mass is 335 g/mol. The van der Waals surface area contributed by atoms with Crippen LogP contribution >= 0.6 is 11.3 Å². The Kier molecular flexibility index (Phi) is 4.50. The summed E-state index contributed by atoms with van der Waals surface area (Å²) in [6.45, 7) is 9.21. The van der Waals surface area contributed by atoms with E-state index in [1.165, 1.54) is 11.2 Å². The Morgan fingerprint density at radius 2 is 2.04 bits per heavy atom. The molecule has 0 radical (unpaired) electrons. The van der Waals surface area contributed by atoms with Gasteiger partial charge in [-0.05, 0) is 33.3 Å². The van der Waals surface area contributed by atoms with Crippen LogP contribution in [0.3, 0.4) is 0 Å². The second-order valence-corrected chi connectivity index (χ2v) is 7.19. The van der Waals surface area contributed by atoms with E-state index in [0.29, 0.717) is 19.0 Å². The molecule has 2 atom stereocenters. The van der Waals surface area contributed by atoms with Crippen molar-refractivity contribution >= 4 is 27.5 Å². The maximum atomic E-state index is 12.4. The fourth-order valence-corrected chi connectivity index (χ4v) is 3.85. The lowest BCUT2D eigenvalue weighted by atomic mass is 10.2. The van der Waals surface area contributed by atoms with Crippen LogP contribution in [0, 0.1) is 13.8 Å². The van der Waals surface area contributed by atoms with E-state index in [0.717, 1.165) is 15.8 Å². The predicted octanol–water partition coefficient (Wildman–Crippen LogP) is 2.32. The Morgan fingerprint density at radius 1 is 1.35 bits per heavy atom. The fourth-order valence-electron chi connectivity index (χ4n) is 2.86. The number of aryl methyl sites for hydroxylation is 2. The number of ether oxygens (including phenoxy) is 2. The summed E-state index contributed by atoms with van der Waals surface area (Å²) >= 11 is 1.61. The van der Waals surface area contributed by atoms with E-state index >= 15 is 0 Å². The van der Waals surface area contributed by atoms with Crippen LogP contribution in [0.25, 0.3) is 10.2 Å². The summed E-state index contributed by atoms with van der Waals surface area (Å²) in [4.78, 5) is 24.8. The molecule has 2 aromatic heterocycles. The second-order valence-electron chi connectivity index (χ2n) is 5.99. The van der Waals surface area contributed by atoms with E-state index in [4.69, 9.17) is 9.47 Å². The van der Waals surface area contributed by atoms with Gasteiger partial charge in [-0.2, -0.15) is 0 Å². The van der Waals surface area contributed by atoms with Gasteiger partial charge in [-0.3, -0.25) is 4.79 Å². The summed E-state index contributed by atoms with van der Waals surface area (Å²) in [5.74, 6) is 0.447. The zero-order valence-electron chi connectivity index (χ0n) is 13.8. The minimum absolute atomic E-state index is 0.0140. The van der Waals surface area contributed by atoms with Crippen molar-refractivity contribution in [3.05, 3.63) is 16.8 Å². The number of morpholine rings is 1. The van der Waals surface area contributed by atoms with Crippen molar-refractivity contribution in [3.8, 4) is 5.88 Å². The Hall–Kier alpha value is -1.73. The topological polar surface area (TPSA) is 64.6 Å². The van der Waals surface area contributed by atoms with Crippen molar-refractivity contribution < 1.29 is 14.3 Å².